The third-order valence-electron chi connectivity index (χ3n) is 1.84. The van der Waals surface area contributed by atoms with Gasteiger partial charge in [-0.15, -0.1) is 0 Å². The maximum Gasteiger partial charge on any atom is 0.157 e. The highest BCUT2D eigenvalue weighted by Crippen LogP contribution is 1.99. The van der Waals surface area contributed by atoms with Crippen molar-refractivity contribution in [1.82, 2.24) is 10.2 Å². The van der Waals surface area contributed by atoms with Crippen LogP contribution in [0, 0.1) is 0 Å². The Kier molecular flexibility index (Phi) is 3.19. The zero-order valence-electron chi connectivity index (χ0n) is 7.03. The van der Waals surface area contributed by atoms with E-state index in [2.05, 4.69) is 10.3 Å². The molecule has 0 amide bonds. The summed E-state index contributed by atoms with van der Waals surface area (Å²) in [6.07, 6.45) is 0.475. The molecule has 0 bridgehead atoms. The number of amidine groups is 1. The van der Waals surface area contributed by atoms with Gasteiger partial charge in [-0.05, 0) is 6.54 Å². The summed E-state index contributed by atoms with van der Waals surface area (Å²) in [6.45, 7) is 3.06. The van der Waals surface area contributed by atoms with Crippen LogP contribution in [0.2, 0.25) is 0 Å². The maximum absolute atomic E-state index is 10.5. The monoisotopic (exact) mass is 171 g/mol. The van der Waals surface area contributed by atoms with Crippen molar-refractivity contribution in [2.45, 2.75) is 13.1 Å². The first-order chi connectivity index (χ1) is 5.81. The summed E-state index contributed by atoms with van der Waals surface area (Å²) in [6, 6.07) is 0. The summed E-state index contributed by atoms with van der Waals surface area (Å²) in [5.74, 6) is 0.483. The molecule has 1 atom stereocenters. The van der Waals surface area contributed by atoms with E-state index in [9.17, 15) is 4.79 Å². The second-order valence-electron chi connectivity index (χ2n) is 2.53. The van der Waals surface area contributed by atoms with Crippen LogP contribution in [0.3, 0.4) is 0 Å². The van der Waals surface area contributed by atoms with Crippen LogP contribution in [-0.4, -0.2) is 48.1 Å². The summed E-state index contributed by atoms with van der Waals surface area (Å²) in [5, 5.41) is 11.5. The van der Waals surface area contributed by atoms with Crippen LogP contribution in [0.25, 0.3) is 0 Å². The molecule has 0 aliphatic carbocycles. The van der Waals surface area contributed by atoms with Crippen molar-refractivity contribution >= 4 is 12.1 Å². The van der Waals surface area contributed by atoms with E-state index in [0.717, 1.165) is 12.8 Å². The van der Waals surface area contributed by atoms with Gasteiger partial charge >= 0.3 is 0 Å². The van der Waals surface area contributed by atoms with Crippen LogP contribution in [0.15, 0.2) is 4.99 Å². The Labute approximate surface area is 71.1 Å². The number of aliphatic hydroxyl groups excluding tert-OH is 1. The Hall–Kier alpha value is -0.940. The number of nitrogens with one attached hydrogen (secondary N) is 1. The fourth-order valence-corrected chi connectivity index (χ4v) is 1.08. The number of aliphatic imine (C=N–C) groups is 1. The first kappa shape index (κ1) is 9.15. The molecule has 0 saturated heterocycles. The van der Waals surface area contributed by atoms with Crippen molar-refractivity contribution in [2.75, 3.05) is 19.8 Å². The zero-order valence-corrected chi connectivity index (χ0v) is 7.03. The van der Waals surface area contributed by atoms with E-state index in [1.165, 1.54) is 0 Å². The van der Waals surface area contributed by atoms with E-state index in [1.54, 1.807) is 0 Å². The van der Waals surface area contributed by atoms with Gasteiger partial charge in [0.2, 0.25) is 0 Å². The van der Waals surface area contributed by atoms with Crippen LogP contribution >= 0.6 is 0 Å². The first-order valence-corrected chi connectivity index (χ1v) is 3.92. The van der Waals surface area contributed by atoms with Crippen LogP contribution in [0.5, 0.6) is 0 Å². The first-order valence-electron chi connectivity index (χ1n) is 3.92. The second kappa shape index (κ2) is 4.18. The van der Waals surface area contributed by atoms with Gasteiger partial charge in [-0.25, -0.2) is 0 Å². The number of nitrogens with zero attached hydrogens (tertiary/aromatic N) is 2. The number of carbonyl (C=O) groups excluding carboxylic acids is 1. The standard InChI is InChI=1S/C7H13N3O2/c1-2-10-5-8-6(3-11)9-7(10)4-12/h4,7,11H,2-3,5H2,1H3,(H,8,9). The molecule has 2 N–H and O–H groups in total. The number of likely N-dealkylation sites (N-methyl/N-ethyl adjacent to an activating group) is 1. The summed E-state index contributed by atoms with van der Waals surface area (Å²) in [7, 11) is 0. The number of rotatable bonds is 3. The van der Waals surface area contributed by atoms with Gasteiger partial charge in [-0.2, -0.15) is 0 Å². The summed E-state index contributed by atoms with van der Waals surface area (Å²) in [5.41, 5.74) is 0. The molecule has 0 radical (unpaired) electrons. The lowest BCUT2D eigenvalue weighted by Crippen LogP contribution is -2.53. The van der Waals surface area contributed by atoms with E-state index < -0.39 is 0 Å². The van der Waals surface area contributed by atoms with Crippen molar-refractivity contribution in [2.24, 2.45) is 4.99 Å². The fraction of sp³-hybridized carbons (Fsp3) is 0.714. The van der Waals surface area contributed by atoms with Gasteiger partial charge in [-0.3, -0.25) is 14.7 Å². The van der Waals surface area contributed by atoms with E-state index >= 15 is 0 Å². The van der Waals surface area contributed by atoms with Crippen molar-refractivity contribution in [3.63, 3.8) is 0 Å². The van der Waals surface area contributed by atoms with Gasteiger partial charge in [-0.1, -0.05) is 6.92 Å². The van der Waals surface area contributed by atoms with E-state index in [0.29, 0.717) is 12.5 Å². The van der Waals surface area contributed by atoms with Crippen LogP contribution in [-0.2, 0) is 4.79 Å². The van der Waals surface area contributed by atoms with Crippen LogP contribution in [0.1, 0.15) is 6.92 Å². The highest BCUT2D eigenvalue weighted by Gasteiger charge is 2.20. The zero-order chi connectivity index (χ0) is 8.97. The van der Waals surface area contributed by atoms with E-state index in [-0.39, 0.29) is 12.8 Å². The average molecular weight is 171 g/mol. The van der Waals surface area contributed by atoms with Gasteiger partial charge in [0.15, 0.2) is 6.29 Å². The van der Waals surface area contributed by atoms with Gasteiger partial charge in [0.1, 0.15) is 18.6 Å². The van der Waals surface area contributed by atoms with Crippen LogP contribution in [0.4, 0.5) is 0 Å². The molecule has 1 aliphatic rings. The molecule has 5 heteroatoms. The fourth-order valence-electron chi connectivity index (χ4n) is 1.08. The predicted molar refractivity (Wildman–Crippen MR) is 44.8 cm³/mol. The normalized spacial score (nSPS) is 24.5. The Morgan fingerprint density at radius 2 is 2.67 bits per heavy atom. The second-order valence-corrected chi connectivity index (χ2v) is 2.53. The molecule has 1 unspecified atom stereocenters. The average Bonchev–Trinajstić information content (AvgIpc) is 2.16. The Bertz CT molecular complexity index is 193. The molecule has 12 heavy (non-hydrogen) atoms. The van der Waals surface area contributed by atoms with Gasteiger partial charge < -0.3 is 10.4 Å². The van der Waals surface area contributed by atoms with Gasteiger partial charge in [0.25, 0.3) is 0 Å². The third-order valence-corrected chi connectivity index (χ3v) is 1.84. The lowest BCUT2D eigenvalue weighted by Gasteiger charge is -2.30. The van der Waals surface area contributed by atoms with Gasteiger partial charge in [0, 0.05) is 0 Å². The molecule has 0 aromatic carbocycles. The van der Waals surface area contributed by atoms with E-state index in [1.807, 2.05) is 11.8 Å². The predicted octanol–water partition coefficient (Wildman–Crippen LogP) is -1.22. The molecule has 5 nitrogen and oxygen atoms in total. The Balaban J connectivity index is 2.61. The minimum atomic E-state index is -0.338. The third kappa shape index (κ3) is 1.80. The molecule has 0 fully saturated rings. The molecule has 0 aromatic heterocycles. The molecule has 68 valence electrons. The quantitative estimate of drug-likeness (QED) is 0.523. The molecule has 1 rings (SSSR count). The number of aldehydes is 1. The molecule has 0 aromatic rings. The summed E-state index contributed by atoms with van der Waals surface area (Å²) < 4.78 is 0. The lowest BCUT2D eigenvalue weighted by molar-refractivity contribution is -0.113. The Morgan fingerprint density at radius 3 is 3.17 bits per heavy atom. The van der Waals surface area contributed by atoms with Crippen LogP contribution < -0.4 is 5.32 Å². The summed E-state index contributed by atoms with van der Waals surface area (Å²) >= 11 is 0. The maximum atomic E-state index is 10.5. The van der Waals surface area contributed by atoms with E-state index in [4.69, 9.17) is 5.11 Å². The smallest absolute Gasteiger partial charge is 0.157 e. The molecule has 0 spiro atoms. The molecular weight excluding hydrogens is 158 g/mol. The SMILES string of the molecule is CCN1CN=C(CO)NC1C=O. The summed E-state index contributed by atoms with van der Waals surface area (Å²) in [4.78, 5) is 16.4. The molecular formula is C7H13N3O2. The van der Waals surface area contributed by atoms with Crippen molar-refractivity contribution in [3.8, 4) is 0 Å². The Morgan fingerprint density at radius 1 is 1.92 bits per heavy atom. The van der Waals surface area contributed by atoms with Gasteiger partial charge in [0.05, 0.1) is 6.67 Å². The topological polar surface area (TPSA) is 64.9 Å². The minimum absolute atomic E-state index is 0.137. The number of hydrogen-bond acceptors (Lipinski definition) is 5. The van der Waals surface area contributed by atoms with Crippen molar-refractivity contribution < 1.29 is 9.90 Å². The number of carbonyl (C=O) groups is 1. The minimum Gasteiger partial charge on any atom is -0.388 e. The molecule has 1 aliphatic heterocycles. The number of aliphatic hydroxyl groups is 1. The highest BCUT2D eigenvalue weighted by atomic mass is 16.3. The highest BCUT2D eigenvalue weighted by molar-refractivity contribution is 5.86. The largest absolute Gasteiger partial charge is 0.388 e. The molecule has 0 saturated carbocycles. The van der Waals surface area contributed by atoms with Crippen molar-refractivity contribution in [1.29, 1.82) is 0 Å². The molecule has 1 heterocycles. The van der Waals surface area contributed by atoms with Crippen molar-refractivity contribution in [3.05, 3.63) is 0 Å². The lowest BCUT2D eigenvalue weighted by atomic mass is 10.4. The number of hydrogen-bond donors (Lipinski definition) is 2.